The van der Waals surface area contributed by atoms with Crippen LogP contribution in [0.3, 0.4) is 0 Å². The maximum Gasteiger partial charge on any atom is 0.322 e. The van der Waals surface area contributed by atoms with Crippen LogP contribution in [-0.4, -0.2) is 19.3 Å². The number of carbonyl (C=O) groups excluding carboxylic acids is 1. The molecule has 0 unspecified atom stereocenters. The van der Waals surface area contributed by atoms with Gasteiger partial charge in [0.15, 0.2) is 0 Å². The van der Waals surface area contributed by atoms with Crippen LogP contribution in [-0.2, 0) is 23.1 Å². The number of primary sulfonamides is 1. The van der Waals surface area contributed by atoms with Gasteiger partial charge in [-0.3, -0.25) is 0 Å². The molecule has 0 saturated carbocycles. The van der Waals surface area contributed by atoms with E-state index in [1.54, 1.807) is 17.0 Å². The second-order valence-electron chi connectivity index (χ2n) is 6.83. The van der Waals surface area contributed by atoms with Gasteiger partial charge in [-0.05, 0) is 42.3 Å². The van der Waals surface area contributed by atoms with Crippen LogP contribution in [0.25, 0.3) is 0 Å². The number of benzene rings is 3. The van der Waals surface area contributed by atoms with Gasteiger partial charge in [0.1, 0.15) is 0 Å². The Morgan fingerprint density at radius 3 is 1.90 bits per heavy atom. The van der Waals surface area contributed by atoms with Crippen molar-refractivity contribution in [3.8, 4) is 0 Å². The quantitative estimate of drug-likeness (QED) is 0.647. The number of nitrogens with zero attached hydrogens (tertiary/aromatic N) is 1. The van der Waals surface area contributed by atoms with Gasteiger partial charge >= 0.3 is 6.03 Å². The van der Waals surface area contributed by atoms with Crippen molar-refractivity contribution in [1.82, 2.24) is 4.90 Å². The number of hydrogen-bond donors (Lipinski definition) is 2. The number of para-hydroxylation sites is 1. The smallest absolute Gasteiger partial charge is 0.316 e. The molecule has 6 nitrogen and oxygen atoms in total. The summed E-state index contributed by atoms with van der Waals surface area (Å²) in [6, 6.07) is 23.2. The minimum Gasteiger partial charge on any atom is -0.316 e. The van der Waals surface area contributed by atoms with Crippen molar-refractivity contribution in [2.24, 2.45) is 5.14 Å². The molecule has 29 heavy (non-hydrogen) atoms. The molecule has 0 atom stereocenters. The molecule has 7 heteroatoms. The summed E-state index contributed by atoms with van der Waals surface area (Å²) in [6.07, 6.45) is 0. The Bertz CT molecular complexity index is 1060. The molecule has 0 aromatic heterocycles. The third kappa shape index (κ3) is 5.91. The standard InChI is InChI=1S/C22H23N3O3S/c1-17-7-9-18(10-8-17)15-25(22(26)24-20-5-3-2-4-6-20)16-19-11-13-21(14-12-19)29(23,27)28/h2-14H,15-16H2,1H3,(H,24,26)(H2,23,27,28). The van der Waals surface area contributed by atoms with E-state index in [-0.39, 0.29) is 10.9 Å². The predicted molar refractivity (Wildman–Crippen MR) is 114 cm³/mol. The van der Waals surface area contributed by atoms with E-state index in [0.717, 1.165) is 16.7 Å². The summed E-state index contributed by atoms with van der Waals surface area (Å²) in [7, 11) is -3.75. The highest BCUT2D eigenvalue weighted by Crippen LogP contribution is 2.16. The van der Waals surface area contributed by atoms with Crippen molar-refractivity contribution in [2.45, 2.75) is 24.9 Å². The minimum absolute atomic E-state index is 0.0417. The first kappa shape index (κ1) is 20.6. The summed E-state index contributed by atoms with van der Waals surface area (Å²) < 4.78 is 22.9. The summed E-state index contributed by atoms with van der Waals surface area (Å²) in [5.41, 5.74) is 3.65. The first-order valence-corrected chi connectivity index (χ1v) is 10.6. The van der Waals surface area contributed by atoms with Gasteiger partial charge in [0.2, 0.25) is 10.0 Å². The van der Waals surface area contributed by atoms with E-state index in [2.05, 4.69) is 5.32 Å². The SMILES string of the molecule is Cc1ccc(CN(Cc2ccc(S(N)(=O)=O)cc2)C(=O)Nc2ccccc2)cc1. The van der Waals surface area contributed by atoms with E-state index in [1.807, 2.05) is 61.5 Å². The fourth-order valence-corrected chi connectivity index (χ4v) is 3.36. The maximum absolute atomic E-state index is 12.9. The van der Waals surface area contributed by atoms with Crippen LogP contribution in [0.5, 0.6) is 0 Å². The number of amides is 2. The van der Waals surface area contributed by atoms with Crippen LogP contribution in [0.2, 0.25) is 0 Å². The first-order valence-electron chi connectivity index (χ1n) is 9.09. The lowest BCUT2D eigenvalue weighted by molar-refractivity contribution is 0.206. The van der Waals surface area contributed by atoms with Crippen LogP contribution < -0.4 is 10.5 Å². The van der Waals surface area contributed by atoms with E-state index in [9.17, 15) is 13.2 Å². The van der Waals surface area contributed by atoms with Crippen LogP contribution >= 0.6 is 0 Å². The zero-order valence-electron chi connectivity index (χ0n) is 16.1. The van der Waals surface area contributed by atoms with Crippen molar-refractivity contribution in [3.63, 3.8) is 0 Å². The second kappa shape index (κ2) is 8.89. The Morgan fingerprint density at radius 1 is 0.862 bits per heavy atom. The number of hydrogen-bond acceptors (Lipinski definition) is 3. The van der Waals surface area contributed by atoms with Crippen molar-refractivity contribution < 1.29 is 13.2 Å². The second-order valence-corrected chi connectivity index (χ2v) is 8.39. The van der Waals surface area contributed by atoms with Gasteiger partial charge in [-0.2, -0.15) is 0 Å². The van der Waals surface area contributed by atoms with Gasteiger partial charge in [-0.25, -0.2) is 18.4 Å². The lowest BCUT2D eigenvalue weighted by atomic mass is 10.1. The molecule has 0 aliphatic rings. The molecule has 3 N–H and O–H groups in total. The number of carbonyl (C=O) groups is 1. The lowest BCUT2D eigenvalue weighted by Crippen LogP contribution is -2.34. The van der Waals surface area contributed by atoms with Crippen molar-refractivity contribution >= 4 is 21.7 Å². The number of nitrogens with one attached hydrogen (secondary N) is 1. The number of sulfonamides is 1. The molecular formula is C22H23N3O3S. The summed E-state index contributed by atoms with van der Waals surface area (Å²) in [6.45, 7) is 2.74. The van der Waals surface area contributed by atoms with Gasteiger partial charge < -0.3 is 10.2 Å². The maximum atomic E-state index is 12.9. The Kier molecular flexibility index (Phi) is 6.31. The average Bonchev–Trinajstić information content (AvgIpc) is 2.69. The molecule has 3 rings (SSSR count). The van der Waals surface area contributed by atoms with Crippen molar-refractivity contribution in [3.05, 3.63) is 95.6 Å². The molecule has 0 aliphatic carbocycles. The van der Waals surface area contributed by atoms with Crippen LogP contribution in [0, 0.1) is 6.92 Å². The third-order valence-corrected chi connectivity index (χ3v) is 5.36. The fraction of sp³-hybridized carbons (Fsp3) is 0.136. The highest BCUT2D eigenvalue weighted by molar-refractivity contribution is 7.89. The topological polar surface area (TPSA) is 92.5 Å². The number of nitrogens with two attached hydrogens (primary N) is 1. The third-order valence-electron chi connectivity index (χ3n) is 4.43. The minimum atomic E-state index is -3.75. The molecule has 0 radical (unpaired) electrons. The molecule has 0 spiro atoms. The Hall–Kier alpha value is -3.16. The zero-order chi connectivity index (χ0) is 20.9. The zero-order valence-corrected chi connectivity index (χ0v) is 16.9. The molecular weight excluding hydrogens is 386 g/mol. The van der Waals surface area contributed by atoms with E-state index in [4.69, 9.17) is 5.14 Å². The summed E-state index contributed by atoms with van der Waals surface area (Å²) in [5.74, 6) is 0. The van der Waals surface area contributed by atoms with Crippen molar-refractivity contribution in [1.29, 1.82) is 0 Å². The van der Waals surface area contributed by atoms with E-state index >= 15 is 0 Å². The molecule has 0 heterocycles. The number of aryl methyl sites for hydroxylation is 1. The van der Waals surface area contributed by atoms with E-state index in [1.165, 1.54) is 12.1 Å². The van der Waals surface area contributed by atoms with E-state index in [0.29, 0.717) is 18.8 Å². The van der Waals surface area contributed by atoms with Gasteiger partial charge in [-0.1, -0.05) is 60.2 Å². The normalized spacial score (nSPS) is 11.1. The average molecular weight is 410 g/mol. The summed E-state index contributed by atoms with van der Waals surface area (Å²) in [5, 5.41) is 8.05. The summed E-state index contributed by atoms with van der Waals surface area (Å²) in [4.78, 5) is 14.6. The van der Waals surface area contributed by atoms with Gasteiger partial charge in [0.25, 0.3) is 0 Å². The van der Waals surface area contributed by atoms with Gasteiger partial charge in [0.05, 0.1) is 4.90 Å². The molecule has 0 fully saturated rings. The van der Waals surface area contributed by atoms with Crippen LogP contribution in [0.15, 0.2) is 83.8 Å². The molecule has 0 saturated heterocycles. The Morgan fingerprint density at radius 2 is 1.38 bits per heavy atom. The Balaban J connectivity index is 1.81. The largest absolute Gasteiger partial charge is 0.322 e. The molecule has 3 aromatic rings. The lowest BCUT2D eigenvalue weighted by Gasteiger charge is -2.24. The van der Waals surface area contributed by atoms with Gasteiger partial charge in [0, 0.05) is 18.8 Å². The number of anilines is 1. The molecule has 3 aromatic carbocycles. The molecule has 0 bridgehead atoms. The highest BCUT2D eigenvalue weighted by atomic mass is 32.2. The number of rotatable bonds is 6. The first-order chi connectivity index (χ1) is 13.8. The summed E-state index contributed by atoms with van der Waals surface area (Å²) >= 11 is 0. The van der Waals surface area contributed by atoms with Crippen LogP contribution in [0.4, 0.5) is 10.5 Å². The highest BCUT2D eigenvalue weighted by Gasteiger charge is 2.16. The molecule has 2 amide bonds. The molecule has 0 aliphatic heterocycles. The number of urea groups is 1. The predicted octanol–water partition coefficient (Wildman–Crippen LogP) is 3.88. The molecule has 150 valence electrons. The fourth-order valence-electron chi connectivity index (χ4n) is 2.84. The van der Waals surface area contributed by atoms with E-state index < -0.39 is 10.0 Å². The van der Waals surface area contributed by atoms with Gasteiger partial charge in [-0.15, -0.1) is 0 Å². The van der Waals surface area contributed by atoms with Crippen LogP contribution in [0.1, 0.15) is 16.7 Å². The van der Waals surface area contributed by atoms with Crippen molar-refractivity contribution in [2.75, 3.05) is 5.32 Å². The Labute approximate surface area is 171 Å². The monoisotopic (exact) mass is 409 g/mol.